The molecule has 3 rings (SSSR count). The van der Waals surface area contributed by atoms with E-state index in [2.05, 4.69) is 54.6 Å². The zero-order chi connectivity index (χ0) is 13.8. The molecular weight excluding hydrogens is 262 g/mol. The molecule has 0 atom stereocenters. The van der Waals surface area contributed by atoms with Gasteiger partial charge < -0.3 is 0 Å². The summed E-state index contributed by atoms with van der Waals surface area (Å²) in [6.07, 6.45) is 0. The largest absolute Gasteiger partial charge is 0.243 e. The third-order valence-electron chi connectivity index (χ3n) is 3.48. The fourth-order valence-electron chi connectivity index (χ4n) is 2.55. The van der Waals surface area contributed by atoms with E-state index in [-0.39, 0.29) is 6.71 Å². The molecule has 0 N–H and O–H groups in total. The molecule has 0 bridgehead atoms. The second-order valence-electron chi connectivity index (χ2n) is 4.78. The monoisotopic (exact) mass is 276 g/mol. The molecule has 0 aliphatic rings. The molecule has 0 aliphatic heterocycles. The van der Waals surface area contributed by atoms with E-state index < -0.39 is 0 Å². The van der Waals surface area contributed by atoms with Crippen molar-refractivity contribution in [1.82, 2.24) is 0 Å². The van der Waals surface area contributed by atoms with Crippen LogP contribution in [0.25, 0.3) is 0 Å². The molecule has 0 saturated carbocycles. The summed E-state index contributed by atoms with van der Waals surface area (Å²) in [6, 6.07) is 29.1. The van der Waals surface area contributed by atoms with Gasteiger partial charge in [0.25, 0.3) is 0 Å². The molecule has 0 aliphatic carbocycles. The summed E-state index contributed by atoms with van der Waals surface area (Å²) >= 11 is 6.42. The molecule has 20 heavy (non-hydrogen) atoms. The first-order chi connectivity index (χ1) is 9.86. The molecule has 3 aromatic rings. The zero-order valence-corrected chi connectivity index (χ0v) is 11.8. The molecule has 0 spiro atoms. The Morgan fingerprint density at radius 3 is 1.50 bits per heavy atom. The standard InChI is InChI=1S/C18H14BCl/c20-18-14-8-7-13-17(18)19(15-9-3-1-4-10-15)16-11-5-2-6-12-16/h1-14H. The maximum Gasteiger partial charge on any atom is 0.243 e. The van der Waals surface area contributed by atoms with Crippen LogP contribution in [0.2, 0.25) is 5.02 Å². The molecule has 0 amide bonds. The Morgan fingerprint density at radius 1 is 0.550 bits per heavy atom. The Balaban J connectivity index is 2.17. The van der Waals surface area contributed by atoms with Crippen molar-refractivity contribution in [3.05, 3.63) is 90.0 Å². The minimum atomic E-state index is 0.172. The second-order valence-corrected chi connectivity index (χ2v) is 5.18. The maximum absolute atomic E-state index is 6.42. The quantitative estimate of drug-likeness (QED) is 0.645. The van der Waals surface area contributed by atoms with Gasteiger partial charge in [0, 0.05) is 5.02 Å². The first-order valence-corrected chi connectivity index (χ1v) is 7.08. The normalized spacial score (nSPS) is 10.2. The lowest BCUT2D eigenvalue weighted by molar-refractivity contribution is 1.71. The highest BCUT2D eigenvalue weighted by Gasteiger charge is 2.22. The minimum absolute atomic E-state index is 0.172. The average molecular weight is 277 g/mol. The number of hydrogen-bond acceptors (Lipinski definition) is 0. The molecule has 0 unspecified atom stereocenters. The van der Waals surface area contributed by atoms with Crippen molar-refractivity contribution in [2.75, 3.05) is 0 Å². The lowest BCUT2D eigenvalue weighted by Gasteiger charge is -2.16. The average Bonchev–Trinajstić information content (AvgIpc) is 2.52. The van der Waals surface area contributed by atoms with Gasteiger partial charge in [-0.3, -0.25) is 0 Å². The highest BCUT2D eigenvalue weighted by atomic mass is 35.5. The molecule has 0 fully saturated rings. The van der Waals surface area contributed by atoms with Crippen molar-refractivity contribution >= 4 is 34.7 Å². The van der Waals surface area contributed by atoms with Gasteiger partial charge in [-0.1, -0.05) is 107 Å². The Morgan fingerprint density at radius 2 is 1.00 bits per heavy atom. The predicted molar refractivity (Wildman–Crippen MR) is 89.0 cm³/mol. The number of hydrogen-bond donors (Lipinski definition) is 0. The fraction of sp³-hybridized carbons (Fsp3) is 0. The van der Waals surface area contributed by atoms with Gasteiger partial charge in [-0.05, 0) is 6.07 Å². The van der Waals surface area contributed by atoms with Gasteiger partial charge in [0.2, 0.25) is 6.71 Å². The third kappa shape index (κ3) is 2.64. The molecular formula is C18H14BCl. The minimum Gasteiger partial charge on any atom is -0.0849 e. The number of rotatable bonds is 3. The van der Waals surface area contributed by atoms with Gasteiger partial charge in [-0.25, -0.2) is 0 Å². The molecule has 0 heterocycles. The van der Waals surface area contributed by atoms with Crippen LogP contribution < -0.4 is 16.4 Å². The smallest absolute Gasteiger partial charge is 0.0849 e. The molecule has 2 heteroatoms. The Kier molecular flexibility index (Phi) is 3.89. The van der Waals surface area contributed by atoms with E-state index in [1.807, 2.05) is 30.3 Å². The lowest BCUT2D eigenvalue weighted by Crippen LogP contribution is -2.52. The van der Waals surface area contributed by atoms with Crippen molar-refractivity contribution < 1.29 is 0 Å². The zero-order valence-electron chi connectivity index (χ0n) is 11.0. The van der Waals surface area contributed by atoms with E-state index >= 15 is 0 Å². The summed E-state index contributed by atoms with van der Waals surface area (Å²) in [4.78, 5) is 0. The topological polar surface area (TPSA) is 0 Å². The van der Waals surface area contributed by atoms with Crippen LogP contribution >= 0.6 is 11.6 Å². The summed E-state index contributed by atoms with van der Waals surface area (Å²) in [6.45, 7) is 0.172. The van der Waals surface area contributed by atoms with E-state index in [0.717, 1.165) is 10.5 Å². The van der Waals surface area contributed by atoms with Gasteiger partial charge in [0.1, 0.15) is 0 Å². The number of benzene rings is 3. The van der Waals surface area contributed by atoms with Crippen LogP contribution in [0.4, 0.5) is 0 Å². The molecule has 96 valence electrons. The van der Waals surface area contributed by atoms with E-state index in [4.69, 9.17) is 11.6 Å². The lowest BCUT2D eigenvalue weighted by atomic mass is 9.37. The summed E-state index contributed by atoms with van der Waals surface area (Å²) in [7, 11) is 0. The van der Waals surface area contributed by atoms with Crippen LogP contribution in [0.3, 0.4) is 0 Å². The van der Waals surface area contributed by atoms with Gasteiger partial charge in [0.05, 0.1) is 0 Å². The molecule has 0 nitrogen and oxygen atoms in total. The summed E-state index contributed by atoms with van der Waals surface area (Å²) in [5.74, 6) is 0. The maximum atomic E-state index is 6.42. The van der Waals surface area contributed by atoms with Gasteiger partial charge in [-0.2, -0.15) is 0 Å². The summed E-state index contributed by atoms with van der Waals surface area (Å²) in [5.41, 5.74) is 3.66. The molecule has 0 radical (unpaired) electrons. The van der Waals surface area contributed by atoms with Crippen molar-refractivity contribution in [2.24, 2.45) is 0 Å². The molecule has 3 aromatic carbocycles. The van der Waals surface area contributed by atoms with Gasteiger partial charge in [-0.15, -0.1) is 0 Å². The highest BCUT2D eigenvalue weighted by molar-refractivity contribution is 6.96. The van der Waals surface area contributed by atoms with Crippen LogP contribution in [0.15, 0.2) is 84.9 Å². The summed E-state index contributed by atoms with van der Waals surface area (Å²) in [5, 5.41) is 0.810. The van der Waals surface area contributed by atoms with Crippen LogP contribution in [0.1, 0.15) is 0 Å². The van der Waals surface area contributed by atoms with Crippen molar-refractivity contribution in [3.63, 3.8) is 0 Å². The van der Waals surface area contributed by atoms with Crippen LogP contribution in [0, 0.1) is 0 Å². The van der Waals surface area contributed by atoms with Crippen molar-refractivity contribution in [1.29, 1.82) is 0 Å². The van der Waals surface area contributed by atoms with Crippen LogP contribution in [-0.2, 0) is 0 Å². The SMILES string of the molecule is Clc1ccccc1B(c1ccccc1)c1ccccc1. The van der Waals surface area contributed by atoms with Gasteiger partial charge >= 0.3 is 0 Å². The Hall–Kier alpha value is -1.99. The third-order valence-corrected chi connectivity index (χ3v) is 3.83. The van der Waals surface area contributed by atoms with Crippen molar-refractivity contribution in [3.8, 4) is 0 Å². The van der Waals surface area contributed by atoms with E-state index in [9.17, 15) is 0 Å². The summed E-state index contributed by atoms with van der Waals surface area (Å²) < 4.78 is 0. The fourth-order valence-corrected chi connectivity index (χ4v) is 2.80. The van der Waals surface area contributed by atoms with Crippen molar-refractivity contribution in [2.45, 2.75) is 0 Å². The molecule has 0 saturated heterocycles. The Labute approximate surface area is 125 Å². The number of halogens is 1. The molecule has 0 aromatic heterocycles. The predicted octanol–water partition coefficient (Wildman–Crippen LogP) is 2.86. The van der Waals surface area contributed by atoms with E-state index in [1.165, 1.54) is 10.9 Å². The first kappa shape index (κ1) is 13.0. The second kappa shape index (κ2) is 5.98. The first-order valence-electron chi connectivity index (χ1n) is 6.70. The highest BCUT2D eigenvalue weighted by Crippen LogP contribution is 2.06. The Bertz CT molecular complexity index is 641. The van der Waals surface area contributed by atoms with E-state index in [1.54, 1.807) is 0 Å². The van der Waals surface area contributed by atoms with Crippen LogP contribution in [-0.4, -0.2) is 6.71 Å². The van der Waals surface area contributed by atoms with Crippen LogP contribution in [0.5, 0.6) is 0 Å². The van der Waals surface area contributed by atoms with Gasteiger partial charge in [0.15, 0.2) is 0 Å². The van der Waals surface area contributed by atoms with E-state index in [0.29, 0.717) is 0 Å².